The molecule has 1 aliphatic heterocycles. The fourth-order valence-corrected chi connectivity index (χ4v) is 3.86. The van der Waals surface area contributed by atoms with Gasteiger partial charge in [-0.3, -0.25) is 0 Å². The molecule has 162 valence electrons. The van der Waals surface area contributed by atoms with E-state index in [0.29, 0.717) is 30.7 Å². The van der Waals surface area contributed by atoms with Crippen LogP contribution < -0.4 is 20.3 Å². The number of anilines is 1. The molecule has 0 bridgehead atoms. The lowest BCUT2D eigenvalue weighted by molar-refractivity contribution is 0.0527. The van der Waals surface area contributed by atoms with Gasteiger partial charge in [0.05, 0.1) is 6.20 Å². The van der Waals surface area contributed by atoms with Gasteiger partial charge in [-0.2, -0.15) is 0 Å². The molecule has 9 heteroatoms. The van der Waals surface area contributed by atoms with E-state index in [1.165, 1.54) is 6.07 Å². The number of alkyl carbamates (subject to hydrolysis) is 1. The Balaban J connectivity index is 1.44. The molecule has 1 atom stereocenters. The molecule has 2 heterocycles. The summed E-state index contributed by atoms with van der Waals surface area (Å²) < 4.78 is 24.3. The van der Waals surface area contributed by atoms with Crippen molar-refractivity contribution in [2.45, 2.75) is 70.4 Å². The largest absolute Gasteiger partial charge is 0.471 e. The topological polar surface area (TPSA) is 96.0 Å². The standard InChI is InChI=1S/C20H31FN4O4/c1-20(2,3)29-19(27)23-9-8-22-14-4-6-15(7-5-14)25-16-10-13(21)11-24-18(16)28-12-17(25)26/h10-11,14-15,17,22,26H,4-9,12H2,1-3H3,(H,23,27)/t14-,15-,17?. The first-order valence-corrected chi connectivity index (χ1v) is 10.2. The number of carbonyl (C=O) groups excluding carboxylic acids is 1. The highest BCUT2D eigenvalue weighted by atomic mass is 19.1. The zero-order valence-electron chi connectivity index (χ0n) is 17.3. The van der Waals surface area contributed by atoms with Gasteiger partial charge in [-0.15, -0.1) is 0 Å². The summed E-state index contributed by atoms with van der Waals surface area (Å²) in [6.45, 7) is 6.77. The molecule has 2 aliphatic rings. The van der Waals surface area contributed by atoms with Crippen molar-refractivity contribution in [3.63, 3.8) is 0 Å². The van der Waals surface area contributed by atoms with Crippen LogP contribution in [0.25, 0.3) is 0 Å². The van der Waals surface area contributed by atoms with Gasteiger partial charge in [0.15, 0.2) is 6.23 Å². The zero-order valence-corrected chi connectivity index (χ0v) is 17.3. The van der Waals surface area contributed by atoms with E-state index in [9.17, 15) is 14.3 Å². The first kappa shape index (κ1) is 21.6. The first-order chi connectivity index (χ1) is 13.7. The van der Waals surface area contributed by atoms with Crippen molar-refractivity contribution < 1.29 is 23.8 Å². The monoisotopic (exact) mass is 410 g/mol. The van der Waals surface area contributed by atoms with Gasteiger partial charge >= 0.3 is 6.09 Å². The molecule has 0 spiro atoms. The summed E-state index contributed by atoms with van der Waals surface area (Å²) >= 11 is 0. The average Bonchev–Trinajstić information content (AvgIpc) is 2.64. The number of nitrogens with zero attached hydrogens (tertiary/aromatic N) is 2. The van der Waals surface area contributed by atoms with Crippen LogP contribution in [0.1, 0.15) is 46.5 Å². The molecule has 1 fully saturated rings. The highest BCUT2D eigenvalue weighted by molar-refractivity contribution is 5.67. The molecular weight excluding hydrogens is 379 g/mol. The molecule has 8 nitrogen and oxygen atoms in total. The second kappa shape index (κ2) is 9.13. The van der Waals surface area contributed by atoms with Crippen molar-refractivity contribution in [3.05, 3.63) is 18.1 Å². The van der Waals surface area contributed by atoms with Crippen molar-refractivity contribution in [2.24, 2.45) is 0 Å². The van der Waals surface area contributed by atoms with Crippen LogP contribution in [0.3, 0.4) is 0 Å². The Kier molecular flexibility index (Phi) is 6.79. The number of pyridine rings is 1. The molecule has 0 saturated heterocycles. The molecule has 0 aromatic carbocycles. The van der Waals surface area contributed by atoms with Crippen molar-refractivity contribution in [2.75, 3.05) is 24.6 Å². The Labute approximate surface area is 170 Å². The van der Waals surface area contributed by atoms with Crippen LogP contribution in [0, 0.1) is 5.82 Å². The van der Waals surface area contributed by atoms with E-state index >= 15 is 0 Å². The van der Waals surface area contributed by atoms with Crippen molar-refractivity contribution >= 4 is 11.8 Å². The fraction of sp³-hybridized carbons (Fsp3) is 0.700. The molecule has 1 saturated carbocycles. The summed E-state index contributed by atoms with van der Waals surface area (Å²) in [7, 11) is 0. The van der Waals surface area contributed by atoms with Crippen molar-refractivity contribution in [1.82, 2.24) is 15.6 Å². The maximum absolute atomic E-state index is 13.7. The minimum atomic E-state index is -0.807. The molecule has 3 rings (SSSR count). The third-order valence-electron chi connectivity index (χ3n) is 5.08. The number of aromatic nitrogens is 1. The van der Waals surface area contributed by atoms with Crippen molar-refractivity contribution in [1.29, 1.82) is 0 Å². The molecule has 1 aromatic rings. The lowest BCUT2D eigenvalue weighted by Crippen LogP contribution is -2.52. The maximum Gasteiger partial charge on any atom is 0.407 e. The van der Waals surface area contributed by atoms with Gasteiger partial charge in [0.25, 0.3) is 0 Å². The van der Waals surface area contributed by atoms with E-state index in [2.05, 4.69) is 15.6 Å². The number of hydrogen-bond acceptors (Lipinski definition) is 7. The van der Waals surface area contributed by atoms with Crippen LogP contribution in [0.2, 0.25) is 0 Å². The van der Waals surface area contributed by atoms with E-state index in [0.717, 1.165) is 31.9 Å². The number of aliphatic hydroxyl groups is 1. The molecule has 1 amide bonds. The summed E-state index contributed by atoms with van der Waals surface area (Å²) in [6, 6.07) is 1.82. The van der Waals surface area contributed by atoms with Crippen LogP contribution in [0.15, 0.2) is 12.3 Å². The van der Waals surface area contributed by atoms with E-state index < -0.39 is 23.7 Å². The molecule has 0 radical (unpaired) electrons. The van der Waals surface area contributed by atoms with Gasteiger partial charge in [-0.1, -0.05) is 0 Å². The number of nitrogens with one attached hydrogen (secondary N) is 2. The summed E-state index contributed by atoms with van der Waals surface area (Å²) in [5.41, 5.74) is 0.0125. The number of halogens is 1. The Morgan fingerprint density at radius 3 is 2.76 bits per heavy atom. The Morgan fingerprint density at radius 1 is 1.34 bits per heavy atom. The van der Waals surface area contributed by atoms with Gasteiger partial charge in [0, 0.05) is 31.2 Å². The minimum Gasteiger partial charge on any atom is -0.471 e. The summed E-state index contributed by atoms with van der Waals surface area (Å²) in [5, 5.41) is 16.6. The number of fused-ring (bicyclic) bond motifs is 1. The van der Waals surface area contributed by atoms with Crippen molar-refractivity contribution in [3.8, 4) is 5.88 Å². The number of ether oxygens (including phenoxy) is 2. The number of amides is 1. The van der Waals surface area contributed by atoms with Gasteiger partial charge in [0.2, 0.25) is 5.88 Å². The number of hydrogen-bond donors (Lipinski definition) is 3. The van der Waals surface area contributed by atoms with E-state index in [1.807, 2.05) is 25.7 Å². The lowest BCUT2D eigenvalue weighted by Gasteiger charge is -2.43. The second-order valence-electron chi connectivity index (χ2n) is 8.56. The molecule has 1 unspecified atom stereocenters. The van der Waals surface area contributed by atoms with E-state index in [1.54, 1.807) is 0 Å². The van der Waals surface area contributed by atoms with Crippen LogP contribution in [0.5, 0.6) is 5.88 Å². The van der Waals surface area contributed by atoms with Gasteiger partial charge < -0.3 is 30.1 Å². The highest BCUT2D eigenvalue weighted by Gasteiger charge is 2.35. The fourth-order valence-electron chi connectivity index (χ4n) is 3.86. The molecule has 1 aromatic heterocycles. The molecule has 1 aliphatic carbocycles. The van der Waals surface area contributed by atoms with E-state index in [-0.39, 0.29) is 12.6 Å². The smallest absolute Gasteiger partial charge is 0.407 e. The molecular formula is C20H31FN4O4. The first-order valence-electron chi connectivity index (χ1n) is 10.2. The van der Waals surface area contributed by atoms with Gasteiger partial charge in [0.1, 0.15) is 23.7 Å². The van der Waals surface area contributed by atoms with Crippen LogP contribution >= 0.6 is 0 Å². The Hall–Kier alpha value is -2.13. The summed E-state index contributed by atoms with van der Waals surface area (Å²) in [6.07, 6.45) is 3.50. The molecule has 29 heavy (non-hydrogen) atoms. The summed E-state index contributed by atoms with van der Waals surface area (Å²) in [5.74, 6) is -0.0792. The molecule has 3 N–H and O–H groups in total. The number of aliphatic hydroxyl groups excluding tert-OH is 1. The third-order valence-corrected chi connectivity index (χ3v) is 5.08. The predicted molar refractivity (Wildman–Crippen MR) is 106 cm³/mol. The minimum absolute atomic E-state index is 0.106. The van der Waals surface area contributed by atoms with Gasteiger partial charge in [-0.05, 0) is 46.5 Å². The third kappa shape index (κ3) is 5.93. The Morgan fingerprint density at radius 2 is 2.07 bits per heavy atom. The number of rotatable bonds is 5. The van der Waals surface area contributed by atoms with Crippen LogP contribution in [-0.2, 0) is 4.74 Å². The van der Waals surface area contributed by atoms with E-state index in [4.69, 9.17) is 9.47 Å². The highest BCUT2D eigenvalue weighted by Crippen LogP contribution is 2.37. The summed E-state index contributed by atoms with van der Waals surface area (Å²) in [4.78, 5) is 17.5. The quantitative estimate of drug-likeness (QED) is 0.640. The van der Waals surface area contributed by atoms with Crippen LogP contribution in [-0.4, -0.2) is 59.8 Å². The number of carbonyl (C=O) groups is 1. The van der Waals surface area contributed by atoms with Gasteiger partial charge in [-0.25, -0.2) is 14.2 Å². The Bertz CT molecular complexity index is 704. The predicted octanol–water partition coefficient (Wildman–Crippen LogP) is 2.16. The second-order valence-corrected chi connectivity index (χ2v) is 8.56. The zero-order chi connectivity index (χ0) is 21.0. The SMILES string of the molecule is CC(C)(C)OC(=O)NCCN[C@H]1CC[C@H](N2c3cc(F)cnc3OCC2O)CC1. The lowest BCUT2D eigenvalue weighted by atomic mass is 9.89. The normalized spacial score (nSPS) is 24.4. The van der Waals surface area contributed by atoms with Crippen LogP contribution in [0.4, 0.5) is 14.9 Å². The average molecular weight is 410 g/mol. The maximum atomic E-state index is 13.7.